The molecular weight excluding hydrogens is 330 g/mol. The molecule has 1 fully saturated rings. The number of rotatable bonds is 4. The van der Waals surface area contributed by atoms with Gasteiger partial charge in [0.15, 0.2) is 5.58 Å². The van der Waals surface area contributed by atoms with Crippen LogP contribution < -0.4 is 10.9 Å². The first-order valence-electron chi connectivity index (χ1n) is 8.53. The quantitative estimate of drug-likeness (QED) is 0.612. The fraction of sp³-hybridized carbons (Fsp3) is 0.211. The molecule has 2 aromatic heterocycles. The molecular formula is C19H17N5O2. The van der Waals surface area contributed by atoms with Gasteiger partial charge >= 0.3 is 0 Å². The fourth-order valence-corrected chi connectivity index (χ4v) is 3.00. The summed E-state index contributed by atoms with van der Waals surface area (Å²) in [5.41, 5.74) is 2.01. The third-order valence-corrected chi connectivity index (χ3v) is 4.82. The molecule has 2 aromatic carbocycles. The summed E-state index contributed by atoms with van der Waals surface area (Å²) >= 11 is 0. The third kappa shape index (κ3) is 2.40. The Bertz CT molecular complexity index is 1150. The highest BCUT2D eigenvalue weighted by molar-refractivity contribution is 5.81. The van der Waals surface area contributed by atoms with Gasteiger partial charge in [-0.25, -0.2) is 4.68 Å². The number of aromatic nitrogens is 4. The molecule has 0 amide bonds. The van der Waals surface area contributed by atoms with Crippen LogP contribution in [-0.4, -0.2) is 19.5 Å². The zero-order chi connectivity index (χ0) is 17.7. The van der Waals surface area contributed by atoms with E-state index in [-0.39, 0.29) is 11.1 Å². The van der Waals surface area contributed by atoms with E-state index in [9.17, 15) is 4.79 Å². The second-order valence-electron chi connectivity index (χ2n) is 6.87. The van der Waals surface area contributed by atoms with Gasteiger partial charge in [-0.3, -0.25) is 4.79 Å². The summed E-state index contributed by atoms with van der Waals surface area (Å²) < 4.78 is 8.93. The van der Waals surface area contributed by atoms with Crippen molar-refractivity contribution in [3.05, 3.63) is 65.2 Å². The second-order valence-corrected chi connectivity index (χ2v) is 6.87. The third-order valence-electron chi connectivity index (χ3n) is 4.82. The van der Waals surface area contributed by atoms with Crippen molar-refractivity contribution in [2.24, 2.45) is 0 Å². The lowest BCUT2D eigenvalue weighted by atomic mass is 10.2. The Kier molecular flexibility index (Phi) is 3.06. The molecule has 26 heavy (non-hydrogen) atoms. The molecule has 1 aliphatic carbocycles. The van der Waals surface area contributed by atoms with Crippen LogP contribution in [0.25, 0.3) is 16.7 Å². The topological polar surface area (TPSA) is 77.9 Å². The van der Waals surface area contributed by atoms with Gasteiger partial charge in [-0.05, 0) is 50.1 Å². The molecule has 130 valence electrons. The molecule has 0 bridgehead atoms. The molecule has 7 heteroatoms. The minimum absolute atomic E-state index is 0.0913. The summed E-state index contributed by atoms with van der Waals surface area (Å²) in [4.78, 5) is 16.9. The summed E-state index contributed by atoms with van der Waals surface area (Å²) in [5.74, 6) is 0.464. The van der Waals surface area contributed by atoms with Gasteiger partial charge < -0.3 is 9.84 Å². The predicted octanol–water partition coefficient (Wildman–Crippen LogP) is 3.43. The minimum Gasteiger partial charge on any atom is -0.375 e. The van der Waals surface area contributed by atoms with Crippen LogP contribution >= 0.6 is 0 Å². The van der Waals surface area contributed by atoms with Crippen molar-refractivity contribution in [3.8, 4) is 5.69 Å². The second kappa shape index (κ2) is 5.32. The normalized spacial score (nSPS) is 15.3. The van der Waals surface area contributed by atoms with Crippen LogP contribution in [-0.2, 0) is 5.54 Å². The summed E-state index contributed by atoms with van der Waals surface area (Å²) in [7, 11) is 0. The van der Waals surface area contributed by atoms with Crippen molar-refractivity contribution >= 4 is 22.6 Å². The van der Waals surface area contributed by atoms with Gasteiger partial charge in [0.05, 0.1) is 16.6 Å². The highest BCUT2D eigenvalue weighted by Crippen LogP contribution is 2.42. The van der Waals surface area contributed by atoms with E-state index >= 15 is 0 Å². The lowest BCUT2D eigenvalue weighted by Crippen LogP contribution is -2.23. The first kappa shape index (κ1) is 14.9. The first-order valence-corrected chi connectivity index (χ1v) is 8.53. The molecule has 0 aliphatic heterocycles. The number of benzene rings is 2. The van der Waals surface area contributed by atoms with Crippen LogP contribution in [0.3, 0.4) is 0 Å². The van der Waals surface area contributed by atoms with E-state index in [1.54, 1.807) is 23.1 Å². The van der Waals surface area contributed by atoms with Crippen molar-refractivity contribution in [2.45, 2.75) is 25.3 Å². The summed E-state index contributed by atoms with van der Waals surface area (Å²) in [6.07, 6.45) is 3.59. The van der Waals surface area contributed by atoms with Crippen LogP contribution in [0.5, 0.6) is 0 Å². The largest absolute Gasteiger partial charge is 0.375 e. The standard InChI is InChI=1S/C19H17N5O2/c1-19(9-10-19)24-17(25)15-11-13(7-8-16(15)26-24)21-18-20-12-23(22-18)14-5-3-2-4-6-14/h2-8,11-12H,9-10H2,1H3,(H,21,22). The van der Waals surface area contributed by atoms with Crippen molar-refractivity contribution in [3.63, 3.8) is 0 Å². The first-order chi connectivity index (χ1) is 12.6. The molecule has 0 saturated heterocycles. The molecule has 0 unspecified atom stereocenters. The number of nitrogens with one attached hydrogen (secondary N) is 1. The molecule has 1 aliphatic rings. The number of nitrogens with zero attached hydrogens (tertiary/aromatic N) is 4. The molecule has 1 N–H and O–H groups in total. The lowest BCUT2D eigenvalue weighted by molar-refractivity contribution is 0.223. The maximum absolute atomic E-state index is 12.6. The summed E-state index contributed by atoms with van der Waals surface area (Å²) in [5, 5.41) is 8.13. The van der Waals surface area contributed by atoms with Crippen LogP contribution in [0.15, 0.2) is 64.2 Å². The molecule has 0 spiro atoms. The maximum atomic E-state index is 12.6. The van der Waals surface area contributed by atoms with Gasteiger partial charge in [0, 0.05) is 5.69 Å². The van der Waals surface area contributed by atoms with Gasteiger partial charge in [-0.15, -0.1) is 5.10 Å². The molecule has 0 radical (unpaired) electrons. The van der Waals surface area contributed by atoms with Crippen LogP contribution in [0.1, 0.15) is 19.8 Å². The van der Waals surface area contributed by atoms with E-state index in [1.165, 1.54) is 4.74 Å². The van der Waals surface area contributed by atoms with Gasteiger partial charge in [-0.1, -0.05) is 18.2 Å². The SMILES string of the molecule is CC1(n2oc3ccc(Nc4ncn(-c5ccccc5)n4)cc3c2=O)CC1. The molecule has 0 atom stereocenters. The van der Waals surface area contributed by atoms with E-state index in [0.717, 1.165) is 24.2 Å². The molecule has 2 heterocycles. The monoisotopic (exact) mass is 347 g/mol. The van der Waals surface area contributed by atoms with E-state index in [1.807, 2.05) is 43.3 Å². The Balaban J connectivity index is 1.46. The lowest BCUT2D eigenvalue weighted by Gasteiger charge is -2.04. The highest BCUT2D eigenvalue weighted by Gasteiger charge is 2.43. The number of fused-ring (bicyclic) bond motifs is 1. The zero-order valence-corrected chi connectivity index (χ0v) is 14.2. The van der Waals surface area contributed by atoms with E-state index in [4.69, 9.17) is 4.52 Å². The summed E-state index contributed by atoms with van der Waals surface area (Å²) in [6, 6.07) is 15.2. The Morgan fingerprint density at radius 2 is 1.96 bits per heavy atom. The minimum atomic E-state index is -0.167. The van der Waals surface area contributed by atoms with E-state index in [0.29, 0.717) is 16.9 Å². The zero-order valence-electron chi connectivity index (χ0n) is 14.2. The smallest absolute Gasteiger partial charge is 0.290 e. The Labute approximate surface area is 148 Å². The number of para-hydroxylation sites is 1. The molecule has 5 rings (SSSR count). The fourth-order valence-electron chi connectivity index (χ4n) is 3.00. The Hall–Kier alpha value is -3.35. The van der Waals surface area contributed by atoms with E-state index in [2.05, 4.69) is 15.4 Å². The molecule has 7 nitrogen and oxygen atoms in total. The van der Waals surface area contributed by atoms with Crippen LogP contribution in [0, 0.1) is 0 Å². The van der Waals surface area contributed by atoms with Crippen LogP contribution in [0.4, 0.5) is 11.6 Å². The van der Waals surface area contributed by atoms with Gasteiger partial charge in [-0.2, -0.15) is 9.72 Å². The summed E-state index contributed by atoms with van der Waals surface area (Å²) in [6.45, 7) is 2.04. The highest BCUT2D eigenvalue weighted by atomic mass is 16.5. The van der Waals surface area contributed by atoms with Crippen LogP contribution in [0.2, 0.25) is 0 Å². The number of hydrogen-bond acceptors (Lipinski definition) is 5. The van der Waals surface area contributed by atoms with Crippen molar-refractivity contribution in [2.75, 3.05) is 5.32 Å². The molecule has 1 saturated carbocycles. The van der Waals surface area contributed by atoms with Crippen molar-refractivity contribution in [1.82, 2.24) is 19.5 Å². The Morgan fingerprint density at radius 1 is 1.15 bits per heavy atom. The maximum Gasteiger partial charge on any atom is 0.290 e. The van der Waals surface area contributed by atoms with Gasteiger partial charge in [0.2, 0.25) is 5.95 Å². The van der Waals surface area contributed by atoms with Gasteiger partial charge in [0.1, 0.15) is 6.33 Å². The number of hydrogen-bond donors (Lipinski definition) is 1. The Morgan fingerprint density at radius 3 is 2.73 bits per heavy atom. The average molecular weight is 347 g/mol. The van der Waals surface area contributed by atoms with Gasteiger partial charge in [0.25, 0.3) is 5.56 Å². The van der Waals surface area contributed by atoms with Crippen molar-refractivity contribution < 1.29 is 4.52 Å². The van der Waals surface area contributed by atoms with Crippen molar-refractivity contribution in [1.29, 1.82) is 0 Å². The van der Waals surface area contributed by atoms with E-state index < -0.39 is 0 Å². The predicted molar refractivity (Wildman–Crippen MR) is 98.0 cm³/mol. The average Bonchev–Trinajstić information content (AvgIpc) is 3.10. The number of anilines is 2. The molecule has 4 aromatic rings.